The first kappa shape index (κ1) is 27.9. The molecule has 5 heteroatoms. The first-order valence-electron chi connectivity index (χ1n) is 7.18. The minimum absolute atomic E-state index is 0. The fourth-order valence-corrected chi connectivity index (χ4v) is 29.6. The summed E-state index contributed by atoms with van der Waals surface area (Å²) < 4.78 is 0. The van der Waals surface area contributed by atoms with Crippen LogP contribution in [-0.2, 0) is 17.0 Å². The summed E-state index contributed by atoms with van der Waals surface area (Å²) in [6, 6.07) is 0. The van der Waals surface area contributed by atoms with Crippen molar-refractivity contribution in [2.75, 3.05) is 0 Å². The zero-order valence-corrected chi connectivity index (χ0v) is 20.8. The Morgan fingerprint density at radius 3 is 0.667 bits per heavy atom. The van der Waals surface area contributed by atoms with Crippen LogP contribution in [0.2, 0.25) is 0 Å². The molecule has 0 aliphatic heterocycles. The van der Waals surface area contributed by atoms with E-state index >= 15 is 0 Å². The molecule has 0 aromatic heterocycles. The zero-order valence-electron chi connectivity index (χ0n) is 16.0. The predicted octanol–water partition coefficient (Wildman–Crippen LogP) is 1.06. The second-order valence-corrected chi connectivity index (χ2v) is 23.1. The molecule has 0 unspecified atom stereocenters. The molecule has 0 heterocycles. The van der Waals surface area contributed by atoms with Crippen LogP contribution in [0.15, 0.2) is 0 Å². The van der Waals surface area contributed by atoms with Crippen LogP contribution in [0.1, 0.15) is 83.1 Å². The van der Waals surface area contributed by atoms with E-state index in [0.29, 0.717) is 20.6 Å². The molecule has 0 aromatic rings. The van der Waals surface area contributed by atoms with Crippen LogP contribution < -0.4 is 24.8 Å². The molecular formula is C16H36Cl2P2Pd. The number of halogens is 2. The van der Waals surface area contributed by atoms with Crippen LogP contribution in [0.4, 0.5) is 0 Å². The molecule has 0 radical (unpaired) electrons. The predicted molar refractivity (Wildman–Crippen MR) is 92.9 cm³/mol. The van der Waals surface area contributed by atoms with Crippen LogP contribution in [0.25, 0.3) is 0 Å². The minimum Gasteiger partial charge on any atom is -1.00 e. The van der Waals surface area contributed by atoms with Crippen LogP contribution in [0.5, 0.6) is 0 Å². The van der Waals surface area contributed by atoms with Gasteiger partial charge in [0.2, 0.25) is 0 Å². The molecule has 134 valence electrons. The molecule has 0 atom stereocenters. The van der Waals surface area contributed by atoms with Gasteiger partial charge in [-0.15, -0.1) is 0 Å². The van der Waals surface area contributed by atoms with E-state index in [0.717, 1.165) is 17.0 Å². The van der Waals surface area contributed by atoms with Crippen LogP contribution in [0, 0.1) is 0 Å². The maximum absolute atomic E-state index is 2.46. The van der Waals surface area contributed by atoms with E-state index in [2.05, 4.69) is 83.1 Å². The van der Waals surface area contributed by atoms with Gasteiger partial charge in [-0.05, 0) is 0 Å². The van der Waals surface area contributed by atoms with E-state index in [1.54, 1.807) is 0 Å². The Bertz CT molecular complexity index is 235. The third-order valence-electron chi connectivity index (χ3n) is 2.32. The Balaban J connectivity index is -0.00000162. The molecule has 0 saturated carbocycles. The van der Waals surface area contributed by atoms with Crippen molar-refractivity contribution in [3.63, 3.8) is 0 Å². The Labute approximate surface area is 157 Å². The molecule has 0 aliphatic rings. The maximum Gasteiger partial charge on any atom is -1.00 e. The average molecular weight is 468 g/mol. The van der Waals surface area contributed by atoms with Gasteiger partial charge in [0.05, 0.1) is 0 Å². The summed E-state index contributed by atoms with van der Waals surface area (Å²) in [5, 5.41) is 1.89. The normalized spacial score (nSPS) is 14.2. The molecule has 0 spiro atoms. The van der Waals surface area contributed by atoms with E-state index in [1.165, 1.54) is 0 Å². The van der Waals surface area contributed by atoms with Crippen molar-refractivity contribution >= 4 is 12.2 Å². The molecule has 0 N–H and O–H groups in total. The van der Waals surface area contributed by atoms with E-state index in [9.17, 15) is 0 Å². The smallest absolute Gasteiger partial charge is 1.00 e. The van der Waals surface area contributed by atoms with E-state index in [4.69, 9.17) is 0 Å². The van der Waals surface area contributed by atoms with Crippen molar-refractivity contribution in [3.8, 4) is 0 Å². The van der Waals surface area contributed by atoms with Crippen molar-refractivity contribution in [1.29, 1.82) is 0 Å². The molecule has 0 aliphatic carbocycles. The van der Waals surface area contributed by atoms with Crippen LogP contribution in [-0.4, -0.2) is 20.6 Å². The van der Waals surface area contributed by atoms with Gasteiger partial charge in [-0.3, -0.25) is 0 Å². The van der Waals surface area contributed by atoms with Gasteiger partial charge < -0.3 is 24.8 Å². The van der Waals surface area contributed by atoms with Gasteiger partial charge in [-0.25, -0.2) is 0 Å². The van der Waals surface area contributed by atoms with E-state index in [1.807, 2.05) is 0 Å². The summed E-state index contributed by atoms with van der Waals surface area (Å²) in [4.78, 5) is 0. The summed E-state index contributed by atoms with van der Waals surface area (Å²) >= 11 is 0.910. The SMILES string of the molecule is CC(C)(C)[P]([Pd+2][P](C(C)(C)C)C(C)(C)C)C(C)(C)C.[Cl-].[Cl-]. The number of hydrogen-bond donors (Lipinski definition) is 0. The summed E-state index contributed by atoms with van der Waals surface area (Å²) in [5.41, 5.74) is 0. The standard InChI is InChI=1S/2C8H18P.2ClH.Pd/c2*1-7(2,3)9-8(4,5)6;;;/h2*1-6H3;2*1H;/q2*-1;;;+4/p-2. The quantitative estimate of drug-likeness (QED) is 0.421. The van der Waals surface area contributed by atoms with Crippen molar-refractivity contribution in [3.05, 3.63) is 0 Å². The second-order valence-electron chi connectivity index (χ2n) is 9.25. The summed E-state index contributed by atoms with van der Waals surface area (Å²) in [6.45, 7) is 29.5. The summed E-state index contributed by atoms with van der Waals surface area (Å²) in [6.07, 6.45) is 0.136. The Hall–Kier alpha value is 2.10. The number of rotatable bonds is 2. The fraction of sp³-hybridized carbons (Fsp3) is 1.00. The molecule has 21 heavy (non-hydrogen) atoms. The molecule has 0 aromatic carbocycles. The maximum atomic E-state index is 2.46. The van der Waals surface area contributed by atoms with Crippen molar-refractivity contribution < 1.29 is 41.8 Å². The van der Waals surface area contributed by atoms with Crippen LogP contribution >= 0.6 is 12.2 Å². The third kappa shape index (κ3) is 9.86. The molecular weight excluding hydrogens is 431 g/mol. The molecule has 0 saturated heterocycles. The first-order valence-corrected chi connectivity index (χ1v) is 13.7. The number of hydrogen-bond acceptors (Lipinski definition) is 0. The Morgan fingerprint density at radius 2 is 0.571 bits per heavy atom. The second kappa shape index (κ2) is 8.98. The third-order valence-corrected chi connectivity index (χ3v) is 25.8. The molecule has 0 rings (SSSR count). The van der Waals surface area contributed by atoms with Gasteiger partial charge in [0.25, 0.3) is 0 Å². The van der Waals surface area contributed by atoms with Crippen molar-refractivity contribution in [2.24, 2.45) is 0 Å². The summed E-state index contributed by atoms with van der Waals surface area (Å²) in [5.74, 6) is 0. The molecule has 0 amide bonds. The Kier molecular flexibility index (Phi) is 11.9. The fourth-order valence-electron chi connectivity index (χ4n) is 2.46. The van der Waals surface area contributed by atoms with Gasteiger partial charge in [-0.1, -0.05) is 0 Å². The first-order chi connectivity index (χ1) is 7.97. The molecule has 0 bridgehead atoms. The average Bonchev–Trinajstić information content (AvgIpc) is 1.91. The summed E-state index contributed by atoms with van der Waals surface area (Å²) in [7, 11) is 0. The van der Waals surface area contributed by atoms with Gasteiger partial charge in [-0.2, -0.15) is 0 Å². The molecule has 0 fully saturated rings. The largest absolute Gasteiger partial charge is 1.00 e. The van der Waals surface area contributed by atoms with Gasteiger partial charge in [0.1, 0.15) is 0 Å². The zero-order chi connectivity index (χ0) is 15.9. The van der Waals surface area contributed by atoms with Crippen LogP contribution in [0.3, 0.4) is 0 Å². The molecule has 0 nitrogen and oxygen atoms in total. The van der Waals surface area contributed by atoms with E-state index in [-0.39, 0.29) is 37.0 Å². The van der Waals surface area contributed by atoms with Gasteiger partial charge in [0, 0.05) is 0 Å². The minimum atomic E-state index is 0. The van der Waals surface area contributed by atoms with Gasteiger partial charge >= 0.3 is 133 Å². The van der Waals surface area contributed by atoms with Crippen molar-refractivity contribution in [1.82, 2.24) is 0 Å². The topological polar surface area (TPSA) is 0 Å². The van der Waals surface area contributed by atoms with E-state index < -0.39 is 0 Å². The monoisotopic (exact) mass is 466 g/mol. The van der Waals surface area contributed by atoms with Crippen molar-refractivity contribution in [2.45, 2.75) is 104 Å². The Morgan fingerprint density at radius 1 is 0.429 bits per heavy atom. The van der Waals surface area contributed by atoms with Gasteiger partial charge in [0.15, 0.2) is 0 Å².